The van der Waals surface area contributed by atoms with Crippen molar-refractivity contribution in [1.82, 2.24) is 0 Å². The van der Waals surface area contributed by atoms with Gasteiger partial charge in [0, 0.05) is 15.6 Å². The Morgan fingerprint density at radius 1 is 1.00 bits per heavy atom. The smallest absolute Gasteiger partial charge is 0.150 e. The van der Waals surface area contributed by atoms with Gasteiger partial charge in [0.25, 0.3) is 0 Å². The molecule has 0 aliphatic carbocycles. The highest BCUT2D eigenvalue weighted by Crippen LogP contribution is 2.28. The molecule has 0 heterocycles. The van der Waals surface area contributed by atoms with Crippen molar-refractivity contribution < 1.29 is 13.6 Å². The molecule has 0 spiro atoms. The molecule has 2 aromatic carbocycles. The summed E-state index contributed by atoms with van der Waals surface area (Å²) in [6, 6.07) is 8.07. The van der Waals surface area contributed by atoms with E-state index in [0.29, 0.717) is 16.3 Å². The highest BCUT2D eigenvalue weighted by Gasteiger charge is 2.10. The van der Waals surface area contributed by atoms with Crippen molar-refractivity contribution in [3.8, 4) is 11.1 Å². The van der Waals surface area contributed by atoms with Crippen molar-refractivity contribution in [3.63, 3.8) is 0 Å². The van der Waals surface area contributed by atoms with Crippen LogP contribution in [-0.4, -0.2) is 6.29 Å². The Morgan fingerprint density at radius 2 is 1.76 bits per heavy atom. The summed E-state index contributed by atoms with van der Waals surface area (Å²) in [4.78, 5) is 10.8. The summed E-state index contributed by atoms with van der Waals surface area (Å²) in [6.07, 6.45) is 0.513. The number of hydrogen-bond acceptors (Lipinski definition) is 1. The summed E-state index contributed by atoms with van der Waals surface area (Å²) in [6.45, 7) is 0. The van der Waals surface area contributed by atoms with Crippen LogP contribution in [0.25, 0.3) is 11.1 Å². The van der Waals surface area contributed by atoms with E-state index < -0.39 is 11.6 Å². The van der Waals surface area contributed by atoms with Crippen LogP contribution in [0, 0.1) is 11.6 Å². The quantitative estimate of drug-likeness (QED) is 0.759. The van der Waals surface area contributed by atoms with Crippen molar-refractivity contribution in [3.05, 3.63) is 58.1 Å². The summed E-state index contributed by atoms with van der Waals surface area (Å²) in [5, 5.41) is 0. The van der Waals surface area contributed by atoms with Gasteiger partial charge >= 0.3 is 0 Å². The molecular formula is C13H7BrF2O. The van der Waals surface area contributed by atoms with E-state index in [0.717, 1.165) is 6.07 Å². The number of benzene rings is 2. The Hall–Kier alpha value is -1.55. The first-order valence-electron chi connectivity index (χ1n) is 4.82. The third-order valence-corrected chi connectivity index (χ3v) is 2.85. The van der Waals surface area contributed by atoms with Crippen LogP contribution in [0.4, 0.5) is 8.78 Å². The van der Waals surface area contributed by atoms with E-state index >= 15 is 0 Å². The molecule has 0 atom stereocenters. The van der Waals surface area contributed by atoms with Gasteiger partial charge in [-0.1, -0.05) is 22.0 Å². The van der Waals surface area contributed by atoms with Gasteiger partial charge < -0.3 is 0 Å². The molecule has 0 aromatic heterocycles. The molecule has 0 aliphatic rings. The van der Waals surface area contributed by atoms with Crippen LogP contribution in [-0.2, 0) is 0 Å². The molecule has 4 heteroatoms. The SMILES string of the molecule is O=Cc1cc(F)ccc1-c1cc(Br)ccc1F. The Morgan fingerprint density at radius 3 is 2.47 bits per heavy atom. The Bertz CT molecular complexity index is 582. The number of hydrogen-bond donors (Lipinski definition) is 0. The van der Waals surface area contributed by atoms with Crippen LogP contribution < -0.4 is 0 Å². The first kappa shape index (κ1) is 11.9. The second-order valence-electron chi connectivity index (χ2n) is 3.47. The van der Waals surface area contributed by atoms with E-state index in [4.69, 9.17) is 0 Å². The number of rotatable bonds is 2. The molecule has 0 amide bonds. The third kappa shape index (κ3) is 2.42. The lowest BCUT2D eigenvalue weighted by molar-refractivity contribution is 0.112. The fourth-order valence-electron chi connectivity index (χ4n) is 1.58. The van der Waals surface area contributed by atoms with Crippen molar-refractivity contribution in [2.24, 2.45) is 0 Å². The maximum absolute atomic E-state index is 13.6. The van der Waals surface area contributed by atoms with Gasteiger partial charge in [0.15, 0.2) is 6.29 Å². The zero-order chi connectivity index (χ0) is 12.4. The molecule has 0 bridgehead atoms. The van der Waals surface area contributed by atoms with E-state index in [9.17, 15) is 13.6 Å². The first-order chi connectivity index (χ1) is 8.11. The summed E-state index contributed by atoms with van der Waals surface area (Å²) in [5.41, 5.74) is 0.767. The molecule has 0 radical (unpaired) electrons. The standard InChI is InChI=1S/C13H7BrF2O/c14-9-1-4-13(16)12(6-9)11-3-2-10(15)5-8(11)7-17/h1-7H. The molecule has 0 saturated heterocycles. The molecule has 0 aliphatic heterocycles. The van der Waals surface area contributed by atoms with Gasteiger partial charge in [0.1, 0.15) is 11.6 Å². The molecule has 0 saturated carbocycles. The van der Waals surface area contributed by atoms with Crippen LogP contribution in [0.15, 0.2) is 40.9 Å². The average Bonchev–Trinajstić information content (AvgIpc) is 2.32. The third-order valence-electron chi connectivity index (χ3n) is 2.36. The molecule has 0 N–H and O–H groups in total. The monoisotopic (exact) mass is 296 g/mol. The van der Waals surface area contributed by atoms with E-state index in [2.05, 4.69) is 15.9 Å². The van der Waals surface area contributed by atoms with Gasteiger partial charge in [-0.25, -0.2) is 8.78 Å². The highest BCUT2D eigenvalue weighted by atomic mass is 79.9. The van der Waals surface area contributed by atoms with Crippen LogP contribution in [0.3, 0.4) is 0 Å². The molecular weight excluding hydrogens is 290 g/mol. The van der Waals surface area contributed by atoms with Crippen molar-refractivity contribution in [2.45, 2.75) is 0 Å². The van der Waals surface area contributed by atoms with Gasteiger partial charge in [0.2, 0.25) is 0 Å². The zero-order valence-corrected chi connectivity index (χ0v) is 10.2. The van der Waals surface area contributed by atoms with E-state index in [-0.39, 0.29) is 11.1 Å². The summed E-state index contributed by atoms with van der Waals surface area (Å²) < 4.78 is 27.3. The van der Waals surface area contributed by atoms with Gasteiger partial charge in [0.05, 0.1) is 0 Å². The fourth-order valence-corrected chi connectivity index (χ4v) is 1.94. The first-order valence-corrected chi connectivity index (χ1v) is 5.61. The number of carbonyl (C=O) groups is 1. The van der Waals surface area contributed by atoms with Gasteiger partial charge in [-0.3, -0.25) is 4.79 Å². The Kier molecular flexibility index (Phi) is 3.33. The lowest BCUT2D eigenvalue weighted by atomic mass is 10.00. The Labute approximate surface area is 105 Å². The molecule has 0 fully saturated rings. The van der Waals surface area contributed by atoms with Crippen molar-refractivity contribution in [1.29, 1.82) is 0 Å². The van der Waals surface area contributed by atoms with E-state index in [1.165, 1.54) is 18.2 Å². The van der Waals surface area contributed by atoms with E-state index in [1.807, 2.05) is 0 Å². The van der Waals surface area contributed by atoms with Crippen molar-refractivity contribution >= 4 is 22.2 Å². The fraction of sp³-hybridized carbons (Fsp3) is 0. The van der Waals surface area contributed by atoms with Crippen molar-refractivity contribution in [2.75, 3.05) is 0 Å². The normalized spacial score (nSPS) is 10.3. The summed E-state index contributed by atoms with van der Waals surface area (Å²) in [7, 11) is 0. The zero-order valence-electron chi connectivity index (χ0n) is 8.58. The van der Waals surface area contributed by atoms with Crippen LogP contribution >= 0.6 is 15.9 Å². The maximum atomic E-state index is 13.6. The second kappa shape index (κ2) is 4.75. The predicted octanol–water partition coefficient (Wildman–Crippen LogP) is 4.21. The predicted molar refractivity (Wildman–Crippen MR) is 64.9 cm³/mol. The molecule has 1 nitrogen and oxygen atoms in total. The average molecular weight is 297 g/mol. The molecule has 0 unspecified atom stereocenters. The van der Waals surface area contributed by atoms with Gasteiger partial charge in [-0.15, -0.1) is 0 Å². The highest BCUT2D eigenvalue weighted by molar-refractivity contribution is 9.10. The minimum absolute atomic E-state index is 0.127. The lowest BCUT2D eigenvalue weighted by Crippen LogP contribution is -1.92. The largest absolute Gasteiger partial charge is 0.298 e. The molecule has 2 aromatic rings. The molecule has 2 rings (SSSR count). The Balaban J connectivity index is 2.67. The molecule has 17 heavy (non-hydrogen) atoms. The van der Waals surface area contributed by atoms with Crippen LogP contribution in [0.2, 0.25) is 0 Å². The van der Waals surface area contributed by atoms with Crippen LogP contribution in [0.1, 0.15) is 10.4 Å². The lowest BCUT2D eigenvalue weighted by Gasteiger charge is -2.07. The van der Waals surface area contributed by atoms with Crippen LogP contribution in [0.5, 0.6) is 0 Å². The second-order valence-corrected chi connectivity index (χ2v) is 4.39. The topological polar surface area (TPSA) is 17.1 Å². The van der Waals surface area contributed by atoms with Gasteiger partial charge in [-0.2, -0.15) is 0 Å². The summed E-state index contributed by atoms with van der Waals surface area (Å²) >= 11 is 3.23. The number of halogens is 3. The van der Waals surface area contributed by atoms with Gasteiger partial charge in [-0.05, 0) is 35.9 Å². The minimum atomic E-state index is -0.522. The van der Waals surface area contributed by atoms with E-state index in [1.54, 1.807) is 12.1 Å². The maximum Gasteiger partial charge on any atom is 0.150 e. The minimum Gasteiger partial charge on any atom is -0.298 e. The number of aldehydes is 1. The summed E-state index contributed by atoms with van der Waals surface area (Å²) in [5.74, 6) is -0.978. The molecule has 86 valence electrons. The number of carbonyl (C=O) groups excluding carboxylic acids is 1.